The smallest absolute Gasteiger partial charge is 0.254 e. The second-order valence-corrected chi connectivity index (χ2v) is 10.2. The summed E-state index contributed by atoms with van der Waals surface area (Å²) in [5.41, 5.74) is 0.634. The first-order valence-corrected chi connectivity index (χ1v) is 13.0. The number of carbonyl (C=O) groups excluding carboxylic acids is 1. The first kappa shape index (κ1) is 25.4. The Labute approximate surface area is 227 Å². The number of piperidine rings is 1. The van der Waals surface area contributed by atoms with Gasteiger partial charge >= 0.3 is 0 Å². The van der Waals surface area contributed by atoms with Crippen LogP contribution in [-0.2, 0) is 0 Å². The van der Waals surface area contributed by atoms with E-state index in [-0.39, 0.29) is 40.9 Å². The summed E-state index contributed by atoms with van der Waals surface area (Å²) in [6, 6.07) is 4.05. The van der Waals surface area contributed by atoms with E-state index >= 15 is 8.78 Å². The summed E-state index contributed by atoms with van der Waals surface area (Å²) < 4.78 is 32.0. The monoisotopic (exact) mass is 554 g/mol. The molecule has 0 radical (unpaired) electrons. The number of nitrogens with one attached hydrogen (secondary N) is 1. The molecule has 13 heteroatoms. The molecule has 2 fully saturated rings. The summed E-state index contributed by atoms with van der Waals surface area (Å²) in [5.74, 6) is -0.814. The third kappa shape index (κ3) is 4.97. The van der Waals surface area contributed by atoms with Crippen molar-refractivity contribution in [1.29, 1.82) is 0 Å². The highest BCUT2D eigenvalue weighted by molar-refractivity contribution is 6.30. The van der Waals surface area contributed by atoms with E-state index in [0.717, 1.165) is 18.9 Å². The normalized spacial score (nSPS) is 18.2. The van der Waals surface area contributed by atoms with Gasteiger partial charge in [0.15, 0.2) is 5.82 Å². The van der Waals surface area contributed by atoms with Crippen molar-refractivity contribution in [2.75, 3.05) is 36.4 Å². The summed E-state index contributed by atoms with van der Waals surface area (Å²) in [6.45, 7) is 2.00. The van der Waals surface area contributed by atoms with Gasteiger partial charge in [-0.1, -0.05) is 11.6 Å². The van der Waals surface area contributed by atoms with Crippen LogP contribution >= 0.6 is 11.6 Å². The summed E-state index contributed by atoms with van der Waals surface area (Å²) in [6.07, 6.45) is 7.22. The van der Waals surface area contributed by atoms with E-state index in [2.05, 4.69) is 30.2 Å². The number of halogens is 3. The number of amides is 1. The van der Waals surface area contributed by atoms with Crippen LogP contribution in [0.25, 0.3) is 11.0 Å². The van der Waals surface area contributed by atoms with Gasteiger partial charge in [0.2, 0.25) is 5.95 Å². The molecule has 1 aromatic carbocycles. The van der Waals surface area contributed by atoms with Crippen LogP contribution in [0.5, 0.6) is 0 Å². The molecule has 10 nitrogen and oxygen atoms in total. The van der Waals surface area contributed by atoms with Gasteiger partial charge in [-0.3, -0.25) is 4.79 Å². The summed E-state index contributed by atoms with van der Waals surface area (Å²) in [7, 11) is 0. The number of aromatic nitrogens is 5. The highest BCUT2D eigenvalue weighted by Gasteiger charge is 2.27. The van der Waals surface area contributed by atoms with Crippen molar-refractivity contribution >= 4 is 46.0 Å². The Morgan fingerprint density at radius 2 is 1.79 bits per heavy atom. The molecule has 0 unspecified atom stereocenters. The minimum atomic E-state index is -0.677. The topological polar surface area (TPSA) is 112 Å². The van der Waals surface area contributed by atoms with Gasteiger partial charge in [0, 0.05) is 44.0 Å². The standard InChI is InChI=1S/C26H25ClF2N8O2/c27-16-10-30-26(31-11-16)35-6-3-17(4-7-35)37-13-20(29)22-23(32-14-33-24(22)37)34-21-2-1-15(9-19(21)28)25(39)36-8-5-18(38)12-36/h1-2,9-11,13-14,17-18,38H,3-8,12H2,(H,32,33,34)/t18-/m1/s1. The van der Waals surface area contributed by atoms with Crippen molar-refractivity contribution in [3.8, 4) is 0 Å². The molecule has 6 rings (SSSR count). The minimum Gasteiger partial charge on any atom is -0.391 e. The molecular weight excluding hydrogens is 530 g/mol. The SMILES string of the molecule is O=C(c1ccc(Nc2ncnc3c2c(F)cn3C2CCN(c3ncc(Cl)cn3)CC2)c(F)c1)N1CC[C@@H](O)C1. The van der Waals surface area contributed by atoms with E-state index in [9.17, 15) is 9.90 Å². The van der Waals surface area contributed by atoms with E-state index in [4.69, 9.17) is 11.6 Å². The molecule has 2 saturated heterocycles. The van der Waals surface area contributed by atoms with Crippen LogP contribution in [0.2, 0.25) is 5.02 Å². The molecular formula is C26H25ClF2N8O2. The molecule has 1 atom stereocenters. The maximum atomic E-state index is 15.2. The lowest BCUT2D eigenvalue weighted by atomic mass is 10.1. The number of rotatable bonds is 5. The molecule has 0 spiro atoms. The van der Waals surface area contributed by atoms with E-state index in [1.807, 2.05) is 0 Å². The number of likely N-dealkylation sites (tertiary alicyclic amines) is 1. The molecule has 1 amide bonds. The zero-order valence-corrected chi connectivity index (χ0v) is 21.5. The predicted molar refractivity (Wildman–Crippen MR) is 141 cm³/mol. The Morgan fingerprint density at radius 3 is 2.49 bits per heavy atom. The summed E-state index contributed by atoms with van der Waals surface area (Å²) >= 11 is 5.89. The van der Waals surface area contributed by atoms with Crippen LogP contribution in [0.15, 0.2) is 43.1 Å². The number of aliphatic hydroxyl groups excluding tert-OH is 1. The largest absolute Gasteiger partial charge is 0.391 e. The van der Waals surface area contributed by atoms with E-state index in [1.165, 1.54) is 29.6 Å². The maximum absolute atomic E-state index is 15.2. The third-order valence-corrected chi connectivity index (χ3v) is 7.43. The van der Waals surface area contributed by atoms with Crippen molar-refractivity contribution in [1.82, 2.24) is 29.4 Å². The molecule has 4 aromatic rings. The van der Waals surface area contributed by atoms with Gasteiger partial charge in [-0.2, -0.15) is 0 Å². The van der Waals surface area contributed by atoms with Gasteiger partial charge in [-0.15, -0.1) is 0 Å². The van der Waals surface area contributed by atoms with Crippen molar-refractivity contribution in [3.05, 3.63) is 65.3 Å². The molecule has 39 heavy (non-hydrogen) atoms. The zero-order chi connectivity index (χ0) is 27.1. The first-order valence-electron chi connectivity index (χ1n) is 12.6. The van der Waals surface area contributed by atoms with E-state index in [0.29, 0.717) is 42.7 Å². The Bertz CT molecular complexity index is 1520. The van der Waals surface area contributed by atoms with Crippen molar-refractivity contribution < 1.29 is 18.7 Å². The molecule has 2 aliphatic heterocycles. The van der Waals surface area contributed by atoms with Crippen LogP contribution in [0.3, 0.4) is 0 Å². The van der Waals surface area contributed by atoms with Crippen LogP contribution in [-0.4, -0.2) is 72.7 Å². The van der Waals surface area contributed by atoms with Crippen LogP contribution in [0.4, 0.5) is 26.2 Å². The molecule has 2 aliphatic rings. The number of hydrogen-bond acceptors (Lipinski definition) is 8. The fourth-order valence-electron chi connectivity index (χ4n) is 5.21. The Balaban J connectivity index is 1.20. The average Bonchev–Trinajstić information content (AvgIpc) is 3.53. The number of fused-ring (bicyclic) bond motifs is 1. The quantitative estimate of drug-likeness (QED) is 0.381. The number of anilines is 3. The van der Waals surface area contributed by atoms with E-state index in [1.54, 1.807) is 17.0 Å². The lowest BCUT2D eigenvalue weighted by molar-refractivity contribution is 0.0764. The second-order valence-electron chi connectivity index (χ2n) is 9.74. The van der Waals surface area contributed by atoms with Crippen LogP contribution < -0.4 is 10.2 Å². The van der Waals surface area contributed by atoms with Crippen molar-refractivity contribution in [3.63, 3.8) is 0 Å². The number of nitrogens with zero attached hydrogens (tertiary/aromatic N) is 7. The second kappa shape index (κ2) is 10.3. The highest BCUT2D eigenvalue weighted by atomic mass is 35.5. The van der Waals surface area contributed by atoms with Gasteiger partial charge < -0.3 is 24.8 Å². The lowest BCUT2D eigenvalue weighted by Crippen LogP contribution is -2.35. The number of aliphatic hydroxyl groups is 1. The number of carbonyl (C=O) groups is 1. The third-order valence-electron chi connectivity index (χ3n) is 7.23. The van der Waals surface area contributed by atoms with Gasteiger partial charge in [0.1, 0.15) is 23.6 Å². The lowest BCUT2D eigenvalue weighted by Gasteiger charge is -2.32. The fraction of sp³-hybridized carbons (Fsp3) is 0.346. The Morgan fingerprint density at radius 1 is 1.03 bits per heavy atom. The van der Waals surface area contributed by atoms with Gasteiger partial charge in [0.25, 0.3) is 5.91 Å². The van der Waals surface area contributed by atoms with Crippen LogP contribution in [0.1, 0.15) is 35.7 Å². The number of benzene rings is 1. The van der Waals surface area contributed by atoms with E-state index < -0.39 is 17.7 Å². The first-order chi connectivity index (χ1) is 18.9. The Kier molecular flexibility index (Phi) is 6.73. The predicted octanol–water partition coefficient (Wildman–Crippen LogP) is 3.94. The summed E-state index contributed by atoms with van der Waals surface area (Å²) in [4.78, 5) is 33.2. The van der Waals surface area contributed by atoms with Gasteiger partial charge in [0.05, 0.1) is 34.6 Å². The highest BCUT2D eigenvalue weighted by Crippen LogP contribution is 2.33. The average molecular weight is 555 g/mol. The van der Waals surface area contributed by atoms with Crippen molar-refractivity contribution in [2.24, 2.45) is 0 Å². The maximum Gasteiger partial charge on any atom is 0.254 e. The number of β-amino-alcohol motifs (C(OH)–C–C–N with tert-alkyl or cyclic N) is 1. The van der Waals surface area contributed by atoms with Crippen molar-refractivity contribution in [2.45, 2.75) is 31.4 Å². The number of hydrogen-bond donors (Lipinski definition) is 2. The molecule has 0 bridgehead atoms. The Hall–Kier alpha value is -3.90. The molecule has 0 aliphatic carbocycles. The van der Waals surface area contributed by atoms with Crippen LogP contribution in [0, 0.1) is 11.6 Å². The molecule has 202 valence electrons. The minimum absolute atomic E-state index is 0.00515. The van der Waals surface area contributed by atoms with Gasteiger partial charge in [-0.25, -0.2) is 28.7 Å². The molecule has 5 heterocycles. The molecule has 3 aromatic heterocycles. The summed E-state index contributed by atoms with van der Waals surface area (Å²) in [5, 5.41) is 13.2. The molecule has 0 saturated carbocycles. The molecule has 2 N–H and O–H groups in total. The van der Waals surface area contributed by atoms with Gasteiger partial charge in [-0.05, 0) is 37.5 Å². The zero-order valence-electron chi connectivity index (χ0n) is 20.8. The fourth-order valence-corrected chi connectivity index (χ4v) is 5.31.